The van der Waals surface area contributed by atoms with Gasteiger partial charge in [0.15, 0.2) is 0 Å². The number of nitrogens with one attached hydrogen (secondary N) is 1. The van der Waals surface area contributed by atoms with Gasteiger partial charge in [0.05, 0.1) is 5.01 Å². The Hall–Kier alpha value is -1.75. The first-order valence-corrected chi connectivity index (χ1v) is 5.27. The van der Waals surface area contributed by atoms with E-state index < -0.39 is 0 Å². The van der Waals surface area contributed by atoms with E-state index in [1.54, 1.807) is 29.9 Å². The van der Waals surface area contributed by atoms with Crippen LogP contribution in [0.15, 0.2) is 29.9 Å². The van der Waals surface area contributed by atoms with Gasteiger partial charge in [0.1, 0.15) is 5.69 Å². The molecule has 0 atom stereocenters. The predicted molar refractivity (Wildman–Crippen MR) is 59.0 cm³/mol. The third kappa shape index (κ3) is 2.38. The van der Waals surface area contributed by atoms with Crippen LogP contribution in [0.2, 0.25) is 0 Å². The number of nitrogens with zero attached hydrogens (tertiary/aromatic N) is 2. The smallest absolute Gasteiger partial charge is 0.275 e. The SMILES string of the molecule is Cc1nc(C(=O)Nc2ccncc2)cs1. The van der Waals surface area contributed by atoms with Crippen molar-refractivity contribution < 1.29 is 4.79 Å². The molecule has 1 N–H and O–H groups in total. The molecule has 2 aromatic rings. The molecule has 2 rings (SSSR count). The second-order valence-corrected chi connectivity index (χ2v) is 4.00. The highest BCUT2D eigenvalue weighted by Gasteiger charge is 2.08. The lowest BCUT2D eigenvalue weighted by atomic mass is 10.4. The number of hydrogen-bond donors (Lipinski definition) is 1. The lowest BCUT2D eigenvalue weighted by Gasteiger charge is -2.01. The summed E-state index contributed by atoms with van der Waals surface area (Å²) >= 11 is 1.46. The highest BCUT2D eigenvalue weighted by molar-refractivity contribution is 7.09. The molecule has 0 fully saturated rings. The fraction of sp³-hybridized carbons (Fsp3) is 0.100. The maximum absolute atomic E-state index is 11.6. The molecule has 0 aliphatic rings. The molecule has 1 amide bonds. The summed E-state index contributed by atoms with van der Waals surface area (Å²) < 4.78 is 0. The Balaban J connectivity index is 2.11. The Morgan fingerprint density at radius 2 is 2.13 bits per heavy atom. The monoisotopic (exact) mass is 219 g/mol. The minimum absolute atomic E-state index is 0.189. The van der Waals surface area contributed by atoms with E-state index in [1.165, 1.54) is 11.3 Å². The largest absolute Gasteiger partial charge is 0.321 e. The Kier molecular flexibility index (Phi) is 2.73. The van der Waals surface area contributed by atoms with Gasteiger partial charge in [0, 0.05) is 23.5 Å². The zero-order chi connectivity index (χ0) is 10.7. The van der Waals surface area contributed by atoms with Gasteiger partial charge in [-0.25, -0.2) is 4.98 Å². The maximum atomic E-state index is 11.6. The van der Waals surface area contributed by atoms with Crippen LogP contribution in [0.3, 0.4) is 0 Å². The highest BCUT2D eigenvalue weighted by atomic mass is 32.1. The second-order valence-electron chi connectivity index (χ2n) is 2.94. The van der Waals surface area contributed by atoms with Crippen LogP contribution >= 0.6 is 11.3 Å². The van der Waals surface area contributed by atoms with Crippen LogP contribution in [-0.4, -0.2) is 15.9 Å². The molecule has 0 radical (unpaired) electrons. The van der Waals surface area contributed by atoms with E-state index in [2.05, 4.69) is 15.3 Å². The molecular weight excluding hydrogens is 210 g/mol. The van der Waals surface area contributed by atoms with E-state index in [-0.39, 0.29) is 5.91 Å². The average Bonchev–Trinajstić information content (AvgIpc) is 2.66. The Labute approximate surface area is 91.0 Å². The number of carbonyl (C=O) groups excluding carboxylic acids is 1. The molecule has 0 bridgehead atoms. The molecule has 0 aliphatic heterocycles. The molecular formula is C10H9N3OS. The van der Waals surface area contributed by atoms with Gasteiger partial charge in [-0.3, -0.25) is 9.78 Å². The molecule has 2 aromatic heterocycles. The van der Waals surface area contributed by atoms with Gasteiger partial charge in [-0.1, -0.05) is 0 Å². The minimum atomic E-state index is -0.189. The van der Waals surface area contributed by atoms with Gasteiger partial charge in [-0.2, -0.15) is 0 Å². The van der Waals surface area contributed by atoms with Crippen molar-refractivity contribution in [1.82, 2.24) is 9.97 Å². The van der Waals surface area contributed by atoms with Gasteiger partial charge in [0.2, 0.25) is 0 Å². The summed E-state index contributed by atoms with van der Waals surface area (Å²) in [5.74, 6) is -0.189. The molecule has 0 spiro atoms. The minimum Gasteiger partial charge on any atom is -0.321 e. The van der Waals surface area contributed by atoms with Gasteiger partial charge >= 0.3 is 0 Å². The Morgan fingerprint density at radius 3 is 2.73 bits per heavy atom. The first kappa shape index (κ1) is 9.79. The van der Waals surface area contributed by atoms with Crippen molar-refractivity contribution in [2.45, 2.75) is 6.92 Å². The third-order valence-corrected chi connectivity index (χ3v) is 2.56. The fourth-order valence-electron chi connectivity index (χ4n) is 1.10. The number of carbonyl (C=O) groups is 1. The Bertz CT molecular complexity index is 467. The average molecular weight is 219 g/mol. The van der Waals surface area contributed by atoms with Crippen molar-refractivity contribution in [1.29, 1.82) is 0 Å². The van der Waals surface area contributed by atoms with Gasteiger partial charge in [0.25, 0.3) is 5.91 Å². The molecule has 76 valence electrons. The molecule has 0 aromatic carbocycles. The summed E-state index contributed by atoms with van der Waals surface area (Å²) in [5, 5.41) is 5.36. The predicted octanol–water partition coefficient (Wildman–Crippen LogP) is 2.10. The van der Waals surface area contributed by atoms with Gasteiger partial charge in [-0.05, 0) is 19.1 Å². The summed E-state index contributed by atoms with van der Waals surface area (Å²) in [7, 11) is 0. The van der Waals surface area contributed by atoms with Crippen molar-refractivity contribution in [3.63, 3.8) is 0 Å². The third-order valence-electron chi connectivity index (χ3n) is 1.79. The number of aromatic nitrogens is 2. The molecule has 0 aliphatic carbocycles. The second kappa shape index (κ2) is 4.18. The number of thiazole rings is 1. The number of rotatable bonds is 2. The van der Waals surface area contributed by atoms with Crippen molar-refractivity contribution in [2.24, 2.45) is 0 Å². The van der Waals surface area contributed by atoms with Gasteiger partial charge < -0.3 is 5.32 Å². The zero-order valence-corrected chi connectivity index (χ0v) is 8.91. The van der Waals surface area contributed by atoms with E-state index >= 15 is 0 Å². The van der Waals surface area contributed by atoms with Gasteiger partial charge in [-0.15, -0.1) is 11.3 Å². The molecule has 0 unspecified atom stereocenters. The fourth-order valence-corrected chi connectivity index (χ4v) is 1.69. The zero-order valence-electron chi connectivity index (χ0n) is 8.10. The molecule has 4 nitrogen and oxygen atoms in total. The van der Waals surface area contributed by atoms with Crippen molar-refractivity contribution in [3.05, 3.63) is 40.6 Å². The molecule has 0 saturated heterocycles. The summed E-state index contributed by atoms with van der Waals surface area (Å²) in [6, 6.07) is 3.47. The van der Waals surface area contributed by atoms with E-state index in [1.807, 2.05) is 6.92 Å². The molecule has 0 saturated carbocycles. The molecule has 2 heterocycles. The van der Waals surface area contributed by atoms with E-state index in [4.69, 9.17) is 0 Å². The number of pyridine rings is 1. The summed E-state index contributed by atoms with van der Waals surface area (Å²) in [6.07, 6.45) is 3.25. The number of aryl methyl sites for hydroxylation is 1. The van der Waals surface area contributed by atoms with E-state index in [0.29, 0.717) is 5.69 Å². The summed E-state index contributed by atoms with van der Waals surface area (Å²) in [4.78, 5) is 19.6. The highest BCUT2D eigenvalue weighted by Crippen LogP contribution is 2.10. The van der Waals surface area contributed by atoms with Crippen LogP contribution in [0.1, 0.15) is 15.5 Å². The standard InChI is InChI=1S/C10H9N3OS/c1-7-12-9(6-15-7)10(14)13-8-2-4-11-5-3-8/h2-6H,1H3,(H,11,13,14). The van der Waals surface area contributed by atoms with Crippen LogP contribution in [0.5, 0.6) is 0 Å². The number of anilines is 1. The number of hydrogen-bond acceptors (Lipinski definition) is 4. The summed E-state index contributed by atoms with van der Waals surface area (Å²) in [6.45, 7) is 1.87. The summed E-state index contributed by atoms with van der Waals surface area (Å²) in [5.41, 5.74) is 1.18. The van der Waals surface area contributed by atoms with Crippen molar-refractivity contribution in [3.8, 4) is 0 Å². The van der Waals surface area contributed by atoms with Crippen LogP contribution in [-0.2, 0) is 0 Å². The lowest BCUT2D eigenvalue weighted by Crippen LogP contribution is -2.12. The first-order valence-electron chi connectivity index (χ1n) is 4.39. The lowest BCUT2D eigenvalue weighted by molar-refractivity contribution is 0.102. The van der Waals surface area contributed by atoms with Crippen LogP contribution < -0.4 is 5.32 Å². The molecule has 5 heteroatoms. The van der Waals surface area contributed by atoms with E-state index in [0.717, 1.165) is 10.7 Å². The number of amides is 1. The molecule has 15 heavy (non-hydrogen) atoms. The van der Waals surface area contributed by atoms with Crippen molar-refractivity contribution in [2.75, 3.05) is 5.32 Å². The van der Waals surface area contributed by atoms with E-state index in [9.17, 15) is 4.79 Å². The topological polar surface area (TPSA) is 54.9 Å². The van der Waals surface area contributed by atoms with Crippen LogP contribution in [0, 0.1) is 6.92 Å². The maximum Gasteiger partial charge on any atom is 0.275 e. The Morgan fingerprint density at radius 1 is 1.40 bits per heavy atom. The van der Waals surface area contributed by atoms with Crippen molar-refractivity contribution >= 4 is 22.9 Å². The quantitative estimate of drug-likeness (QED) is 0.841. The van der Waals surface area contributed by atoms with Crippen LogP contribution in [0.25, 0.3) is 0 Å². The normalized spacial score (nSPS) is 9.93. The first-order chi connectivity index (χ1) is 7.25. The van der Waals surface area contributed by atoms with Crippen LogP contribution in [0.4, 0.5) is 5.69 Å².